The van der Waals surface area contributed by atoms with Gasteiger partial charge in [-0.2, -0.15) is 0 Å². The number of benzene rings is 1. The monoisotopic (exact) mass is 713 g/mol. The van der Waals surface area contributed by atoms with Gasteiger partial charge in [-0.3, -0.25) is 0 Å². The summed E-state index contributed by atoms with van der Waals surface area (Å²) in [6, 6.07) is 9.99. The predicted octanol–water partition coefficient (Wildman–Crippen LogP) is 6.81. The van der Waals surface area contributed by atoms with E-state index in [0.717, 1.165) is 25.6 Å². The molecule has 36 heavy (non-hydrogen) atoms. The molecule has 2 heteroatoms. The van der Waals surface area contributed by atoms with Crippen molar-refractivity contribution in [1.82, 2.24) is 0 Å². The van der Waals surface area contributed by atoms with Gasteiger partial charge < -0.3 is 0 Å². The maximum atomic E-state index is 2.70. The van der Waals surface area contributed by atoms with E-state index in [9.17, 15) is 0 Å². The molecule has 8 unspecified atom stereocenters. The molecule has 0 amide bonds. The minimum atomic E-state index is -1.11. The number of rotatable bonds is 6. The number of allylic oxidation sites excluding steroid dienone is 4. The van der Waals surface area contributed by atoms with Crippen molar-refractivity contribution in [3.8, 4) is 0 Å². The molecule has 0 N–H and O–H groups in total. The molecule has 0 aromatic heterocycles. The summed E-state index contributed by atoms with van der Waals surface area (Å²) in [5.74, 6) is 3.54. The molecular weight excluding hydrogens is 662 g/mol. The van der Waals surface area contributed by atoms with E-state index in [-0.39, 0.29) is 0 Å². The zero-order chi connectivity index (χ0) is 25.5. The van der Waals surface area contributed by atoms with E-state index >= 15 is 0 Å². The molecule has 1 aromatic carbocycles. The first-order valence-corrected chi connectivity index (χ1v) is 21.7. The van der Waals surface area contributed by atoms with Crippen LogP contribution < -0.4 is 21.2 Å². The molecule has 8 atom stereocenters. The van der Waals surface area contributed by atoms with Gasteiger partial charge in [0, 0.05) is 0 Å². The molecule has 1 aromatic rings. The van der Waals surface area contributed by atoms with Crippen molar-refractivity contribution in [2.75, 3.05) is 8.86 Å². The van der Waals surface area contributed by atoms with Crippen molar-refractivity contribution in [1.29, 1.82) is 0 Å². The van der Waals surface area contributed by atoms with Gasteiger partial charge in [-0.15, -0.1) is 0 Å². The Morgan fingerprint density at radius 3 is 2.67 bits per heavy atom. The van der Waals surface area contributed by atoms with Crippen molar-refractivity contribution >= 4 is 19.8 Å². The molecule has 2 fully saturated rings. The second kappa shape index (κ2) is 11.3. The molecule has 5 aliphatic rings. The molecule has 0 radical (unpaired) electrons. The van der Waals surface area contributed by atoms with Gasteiger partial charge in [-0.1, -0.05) is 0 Å². The molecule has 202 valence electrons. The van der Waals surface area contributed by atoms with Crippen molar-refractivity contribution in [2.24, 2.45) is 28.6 Å². The number of fused-ring (bicyclic) bond motifs is 5. The normalized spacial score (nSPS) is 38.9. The van der Waals surface area contributed by atoms with E-state index in [2.05, 4.69) is 84.0 Å². The van der Waals surface area contributed by atoms with E-state index in [1.807, 2.05) is 3.58 Å². The van der Waals surface area contributed by atoms with Crippen LogP contribution in [0.3, 0.4) is 0 Å². The van der Waals surface area contributed by atoms with E-state index in [4.69, 9.17) is 0 Å². The summed E-state index contributed by atoms with van der Waals surface area (Å²) in [6.45, 7) is 15.2. The Balaban J connectivity index is 1.52. The molecule has 6 bridgehead atoms. The molecule has 6 rings (SSSR count). The molecule has 3 heterocycles. The average Bonchev–Trinajstić information content (AvgIpc) is 3.38. The van der Waals surface area contributed by atoms with E-state index < -0.39 is 19.8 Å². The molecule has 2 aliphatic carbocycles. The van der Waals surface area contributed by atoms with Crippen LogP contribution >= 0.6 is 19.8 Å². The third-order valence-corrected chi connectivity index (χ3v) is 23.4. The topological polar surface area (TPSA) is 0 Å². The van der Waals surface area contributed by atoms with Gasteiger partial charge in [0.1, 0.15) is 0 Å². The first kappa shape index (κ1) is 27.7. The fourth-order valence-corrected chi connectivity index (χ4v) is 23.9. The van der Waals surface area contributed by atoms with Crippen LogP contribution in [0.2, 0.25) is 0 Å². The first-order chi connectivity index (χ1) is 17.3. The fourth-order valence-electron chi connectivity index (χ4n) is 8.28. The Morgan fingerprint density at radius 2 is 2.00 bits per heavy atom. The molecular formula is C34H51I2-. The Morgan fingerprint density at radius 1 is 1.17 bits per heavy atom. The second-order valence-electron chi connectivity index (χ2n) is 12.8. The molecule has 3 aliphatic heterocycles. The Bertz CT molecular complexity index is 965. The van der Waals surface area contributed by atoms with E-state index in [1.54, 1.807) is 22.0 Å². The van der Waals surface area contributed by atoms with Gasteiger partial charge in [0.05, 0.1) is 0 Å². The van der Waals surface area contributed by atoms with Gasteiger partial charge in [0.15, 0.2) is 0 Å². The van der Waals surface area contributed by atoms with Crippen LogP contribution in [-0.2, 0) is 6.42 Å². The van der Waals surface area contributed by atoms with Crippen molar-refractivity contribution in [3.63, 3.8) is 0 Å². The standard InChI is InChI=1S/C34H51I2/c1-7-17-33(6,8-2)34(9-3)22-26-13-11-14-27(20-26)25(5)16-18-36(29-15-10-12-24(4)19-29)23-28-21-30-31(34)32(30)35-28/h10-11,13-15,19-20,24-25,28,30-32H,7-9,12,16-18,21-23H2,1-6H3/q-1. The van der Waals surface area contributed by atoms with Crippen LogP contribution in [0.4, 0.5) is 0 Å². The van der Waals surface area contributed by atoms with Gasteiger partial charge in [-0.05, 0) is 0 Å². The number of halogens is 2. The van der Waals surface area contributed by atoms with E-state index in [1.165, 1.54) is 49.4 Å². The first-order valence-electron chi connectivity index (χ1n) is 15.0. The molecule has 1 saturated heterocycles. The Labute approximate surface area is 240 Å². The molecule has 0 nitrogen and oxygen atoms in total. The minimum absolute atomic E-state index is 0.349. The van der Waals surface area contributed by atoms with Crippen LogP contribution in [0.1, 0.15) is 104 Å². The van der Waals surface area contributed by atoms with Crippen LogP contribution in [-0.4, -0.2) is 16.7 Å². The number of hydrogen-bond acceptors (Lipinski definition) is 0. The summed E-state index contributed by atoms with van der Waals surface area (Å²) >= 11 is -0.764. The zero-order valence-corrected chi connectivity index (χ0v) is 28.1. The quantitative estimate of drug-likeness (QED) is 0.225. The van der Waals surface area contributed by atoms with Gasteiger partial charge in [0.25, 0.3) is 0 Å². The van der Waals surface area contributed by atoms with Crippen LogP contribution in [0.5, 0.6) is 0 Å². The SMILES string of the molecule is CCCC(C)(CC)C1(CC)Cc2cccc(c2)C(C)CCI(C2=CC(C)CC=C2)CC2CC3C([I-]2)C31. The predicted molar refractivity (Wildman–Crippen MR) is 163 cm³/mol. The summed E-state index contributed by atoms with van der Waals surface area (Å²) in [7, 11) is 0. The Hall–Kier alpha value is 0.160. The summed E-state index contributed by atoms with van der Waals surface area (Å²) in [5.41, 5.74) is 4.23. The van der Waals surface area contributed by atoms with E-state index in [0.29, 0.717) is 38.0 Å². The van der Waals surface area contributed by atoms with Gasteiger partial charge in [-0.25, -0.2) is 0 Å². The number of alkyl halides is 4. The molecule has 0 spiro atoms. The van der Waals surface area contributed by atoms with Crippen LogP contribution in [0.25, 0.3) is 0 Å². The van der Waals surface area contributed by atoms with Gasteiger partial charge in [0.2, 0.25) is 0 Å². The Kier molecular flexibility index (Phi) is 8.73. The van der Waals surface area contributed by atoms with Crippen LogP contribution in [0, 0.1) is 28.6 Å². The zero-order valence-electron chi connectivity index (χ0n) is 23.8. The summed E-state index contributed by atoms with van der Waals surface area (Å²) in [5, 5.41) is 0. The van der Waals surface area contributed by atoms with Crippen LogP contribution in [0.15, 0.2) is 46.1 Å². The third-order valence-electron chi connectivity index (χ3n) is 10.7. The summed E-state index contributed by atoms with van der Waals surface area (Å²) in [6.07, 6.45) is 18.8. The van der Waals surface area contributed by atoms with Crippen molar-refractivity contribution in [2.45, 2.75) is 107 Å². The number of hydrogen-bond donors (Lipinski definition) is 0. The summed E-state index contributed by atoms with van der Waals surface area (Å²) in [4.78, 5) is 0. The van der Waals surface area contributed by atoms with Crippen molar-refractivity contribution < 1.29 is 21.2 Å². The van der Waals surface area contributed by atoms with Crippen molar-refractivity contribution in [3.05, 3.63) is 57.2 Å². The summed E-state index contributed by atoms with van der Waals surface area (Å²) < 4.78 is 7.29. The second-order valence-corrected chi connectivity index (χ2v) is 22.6. The molecule has 1 saturated carbocycles. The van der Waals surface area contributed by atoms with Gasteiger partial charge >= 0.3 is 242 Å². The maximum absolute atomic E-state index is 2.70. The average molecular weight is 714 g/mol. The third kappa shape index (κ3) is 5.18. The fraction of sp³-hybridized carbons (Fsp3) is 0.706.